The molecule has 2 rings (SSSR count). The van der Waals surface area contributed by atoms with Gasteiger partial charge < -0.3 is 15.2 Å². The fourth-order valence-corrected chi connectivity index (χ4v) is 1.38. The highest BCUT2D eigenvalue weighted by Gasteiger charge is 2.16. The van der Waals surface area contributed by atoms with E-state index < -0.39 is 5.91 Å². The minimum Gasteiger partial charge on any atom is -0.454 e. The fraction of sp³-hybridized carbons (Fsp3) is 0.0909. The Morgan fingerprint density at radius 3 is 3.00 bits per heavy atom. The quantitative estimate of drug-likeness (QED) is 0.585. The summed E-state index contributed by atoms with van der Waals surface area (Å²) in [6.45, 7) is 0.138. The number of nitrogens with two attached hydrogens (primary N) is 1. The van der Waals surface area contributed by atoms with Gasteiger partial charge in [0.2, 0.25) is 6.79 Å². The van der Waals surface area contributed by atoms with Crippen molar-refractivity contribution in [2.45, 2.75) is 0 Å². The van der Waals surface area contributed by atoms with E-state index in [0.29, 0.717) is 17.1 Å². The maximum Gasteiger partial charge on any atom is 0.259 e. The molecule has 0 radical (unpaired) electrons. The molecule has 1 amide bonds. The van der Waals surface area contributed by atoms with Crippen LogP contribution in [0.15, 0.2) is 23.8 Å². The van der Waals surface area contributed by atoms with E-state index in [1.165, 1.54) is 6.08 Å². The SMILES string of the molecule is N#C/C(=C\c1cccc2c1OCO2)C(N)=O. The number of ether oxygens (including phenoxy) is 2. The summed E-state index contributed by atoms with van der Waals surface area (Å²) >= 11 is 0. The van der Waals surface area contributed by atoms with Crippen molar-refractivity contribution in [3.05, 3.63) is 29.3 Å². The van der Waals surface area contributed by atoms with E-state index in [9.17, 15) is 4.79 Å². The summed E-state index contributed by atoms with van der Waals surface area (Å²) in [5.74, 6) is 0.353. The molecule has 2 N–H and O–H groups in total. The van der Waals surface area contributed by atoms with Crippen molar-refractivity contribution >= 4 is 12.0 Å². The third-order valence-corrected chi connectivity index (χ3v) is 2.11. The molecule has 1 aliphatic rings. The van der Waals surface area contributed by atoms with Gasteiger partial charge in [-0.2, -0.15) is 5.26 Å². The summed E-state index contributed by atoms with van der Waals surface area (Å²) in [6, 6.07) is 6.94. The largest absolute Gasteiger partial charge is 0.454 e. The number of amides is 1. The van der Waals surface area contributed by atoms with E-state index in [2.05, 4.69) is 0 Å². The van der Waals surface area contributed by atoms with Gasteiger partial charge in [0.25, 0.3) is 5.91 Å². The van der Waals surface area contributed by atoms with Gasteiger partial charge >= 0.3 is 0 Å². The highest BCUT2D eigenvalue weighted by atomic mass is 16.7. The lowest BCUT2D eigenvalue weighted by Crippen LogP contribution is -2.12. The van der Waals surface area contributed by atoms with Gasteiger partial charge in [0.15, 0.2) is 11.5 Å². The summed E-state index contributed by atoms with van der Waals surface area (Å²) in [6.07, 6.45) is 1.38. The topological polar surface area (TPSA) is 85.3 Å². The van der Waals surface area contributed by atoms with Crippen LogP contribution in [0.2, 0.25) is 0 Å². The van der Waals surface area contributed by atoms with Gasteiger partial charge in [0, 0.05) is 5.56 Å². The Labute approximate surface area is 91.7 Å². The molecule has 0 spiro atoms. The Bertz CT molecular complexity index is 514. The molecule has 1 aromatic carbocycles. The highest BCUT2D eigenvalue weighted by Crippen LogP contribution is 2.36. The molecule has 0 aromatic heterocycles. The zero-order chi connectivity index (χ0) is 11.5. The van der Waals surface area contributed by atoms with Crippen molar-refractivity contribution in [1.29, 1.82) is 5.26 Å². The number of para-hydroxylation sites is 1. The summed E-state index contributed by atoms with van der Waals surface area (Å²) in [5, 5.41) is 8.72. The maximum atomic E-state index is 10.9. The van der Waals surface area contributed by atoms with Crippen molar-refractivity contribution in [2.24, 2.45) is 5.73 Å². The Hall–Kier alpha value is -2.48. The van der Waals surface area contributed by atoms with E-state index in [1.54, 1.807) is 24.3 Å². The van der Waals surface area contributed by atoms with Crippen LogP contribution in [-0.2, 0) is 4.79 Å². The number of nitriles is 1. The van der Waals surface area contributed by atoms with Crippen LogP contribution in [0.4, 0.5) is 0 Å². The molecule has 0 atom stereocenters. The zero-order valence-corrected chi connectivity index (χ0v) is 8.27. The summed E-state index contributed by atoms with van der Waals surface area (Å²) < 4.78 is 10.4. The predicted octanol–water partition coefficient (Wildman–Crippen LogP) is 0.808. The van der Waals surface area contributed by atoms with Crippen molar-refractivity contribution in [3.8, 4) is 17.6 Å². The molecule has 0 saturated heterocycles. The molecule has 0 saturated carbocycles. The van der Waals surface area contributed by atoms with Gasteiger partial charge in [0.1, 0.15) is 11.6 Å². The van der Waals surface area contributed by atoms with Crippen molar-refractivity contribution < 1.29 is 14.3 Å². The first-order chi connectivity index (χ1) is 7.72. The normalized spacial score (nSPS) is 13.3. The van der Waals surface area contributed by atoms with Crippen LogP contribution in [0.3, 0.4) is 0 Å². The number of hydrogen-bond acceptors (Lipinski definition) is 4. The van der Waals surface area contributed by atoms with Crippen LogP contribution in [0.1, 0.15) is 5.56 Å². The molecule has 0 aliphatic carbocycles. The van der Waals surface area contributed by atoms with Crippen LogP contribution in [0.25, 0.3) is 6.08 Å². The van der Waals surface area contributed by atoms with E-state index >= 15 is 0 Å². The number of carbonyl (C=O) groups excluding carboxylic acids is 1. The number of primary amides is 1. The molecule has 1 aromatic rings. The molecule has 0 fully saturated rings. The maximum absolute atomic E-state index is 10.9. The molecule has 5 heteroatoms. The van der Waals surface area contributed by atoms with Gasteiger partial charge in [-0.1, -0.05) is 12.1 Å². The molecule has 1 aliphatic heterocycles. The van der Waals surface area contributed by atoms with Crippen molar-refractivity contribution in [1.82, 2.24) is 0 Å². The molecular formula is C11H8N2O3. The molecule has 1 heterocycles. The lowest BCUT2D eigenvalue weighted by Gasteiger charge is -2.00. The van der Waals surface area contributed by atoms with E-state index in [0.717, 1.165) is 0 Å². The van der Waals surface area contributed by atoms with Crippen molar-refractivity contribution in [3.63, 3.8) is 0 Å². The molecule has 0 unspecified atom stereocenters. The number of carbonyl (C=O) groups is 1. The molecule has 16 heavy (non-hydrogen) atoms. The second kappa shape index (κ2) is 3.95. The number of nitrogens with zero attached hydrogens (tertiary/aromatic N) is 1. The molecule has 80 valence electrons. The predicted molar refractivity (Wildman–Crippen MR) is 55.3 cm³/mol. The van der Waals surface area contributed by atoms with Gasteiger partial charge in [0.05, 0.1) is 0 Å². The van der Waals surface area contributed by atoms with Gasteiger partial charge in [-0.3, -0.25) is 4.79 Å². The lowest BCUT2D eigenvalue weighted by atomic mass is 10.1. The minimum atomic E-state index is -0.765. The third-order valence-electron chi connectivity index (χ3n) is 2.11. The van der Waals surface area contributed by atoms with Crippen LogP contribution < -0.4 is 15.2 Å². The van der Waals surface area contributed by atoms with Gasteiger partial charge in [-0.05, 0) is 12.1 Å². The average molecular weight is 216 g/mol. The second-order valence-electron chi connectivity index (χ2n) is 3.12. The van der Waals surface area contributed by atoms with E-state index in [-0.39, 0.29) is 12.4 Å². The Morgan fingerprint density at radius 1 is 1.50 bits per heavy atom. The summed E-state index contributed by atoms with van der Waals surface area (Å²) in [5.41, 5.74) is 5.52. The van der Waals surface area contributed by atoms with Gasteiger partial charge in [-0.15, -0.1) is 0 Å². The van der Waals surface area contributed by atoms with Crippen molar-refractivity contribution in [2.75, 3.05) is 6.79 Å². The highest BCUT2D eigenvalue weighted by molar-refractivity contribution is 6.01. The monoisotopic (exact) mass is 216 g/mol. The first kappa shape index (κ1) is 10.1. The minimum absolute atomic E-state index is 0.121. The first-order valence-corrected chi connectivity index (χ1v) is 4.52. The Kier molecular flexibility index (Phi) is 2.48. The third kappa shape index (κ3) is 1.68. The lowest BCUT2D eigenvalue weighted by molar-refractivity contribution is -0.114. The van der Waals surface area contributed by atoms with Crippen LogP contribution in [0, 0.1) is 11.3 Å². The van der Waals surface area contributed by atoms with Crippen LogP contribution in [-0.4, -0.2) is 12.7 Å². The van der Waals surface area contributed by atoms with E-state index in [1.807, 2.05) is 0 Å². The zero-order valence-electron chi connectivity index (χ0n) is 8.27. The fourth-order valence-electron chi connectivity index (χ4n) is 1.38. The molecule has 0 bridgehead atoms. The molecule has 5 nitrogen and oxygen atoms in total. The first-order valence-electron chi connectivity index (χ1n) is 4.52. The smallest absolute Gasteiger partial charge is 0.259 e. The van der Waals surface area contributed by atoms with Crippen LogP contribution in [0.5, 0.6) is 11.5 Å². The Balaban J connectivity index is 2.47. The van der Waals surface area contributed by atoms with Crippen LogP contribution >= 0.6 is 0 Å². The number of hydrogen-bond donors (Lipinski definition) is 1. The standard InChI is InChI=1S/C11H8N2O3/c12-5-8(11(13)14)4-7-2-1-3-9-10(7)16-6-15-9/h1-4H,6H2,(H2,13,14)/b8-4+. The number of rotatable bonds is 2. The average Bonchev–Trinajstić information content (AvgIpc) is 2.73. The summed E-state index contributed by atoms with van der Waals surface area (Å²) in [7, 11) is 0. The van der Waals surface area contributed by atoms with E-state index in [4.69, 9.17) is 20.5 Å². The molecular weight excluding hydrogens is 208 g/mol. The number of benzene rings is 1. The Morgan fingerprint density at radius 2 is 2.31 bits per heavy atom. The van der Waals surface area contributed by atoms with Gasteiger partial charge in [-0.25, -0.2) is 0 Å². The number of fused-ring (bicyclic) bond motifs is 1. The second-order valence-corrected chi connectivity index (χ2v) is 3.12. The summed E-state index contributed by atoms with van der Waals surface area (Å²) in [4.78, 5) is 10.9.